The Labute approximate surface area is 322 Å². The number of piperidine rings is 1. The number of aliphatic hydroxyl groups is 1. The van der Waals surface area contributed by atoms with Crippen molar-refractivity contribution in [1.82, 2.24) is 15.5 Å². The summed E-state index contributed by atoms with van der Waals surface area (Å²) in [5, 5.41) is 15.3. The molecule has 3 fully saturated rings. The minimum Gasteiger partial charge on any atom is -0.467 e. The zero-order valence-electron chi connectivity index (χ0n) is 31.5. The van der Waals surface area contributed by atoms with Gasteiger partial charge < -0.3 is 44.3 Å². The molecule has 290 valence electrons. The van der Waals surface area contributed by atoms with Crippen molar-refractivity contribution in [3.8, 4) is 11.1 Å². The molecule has 0 aromatic heterocycles. The Morgan fingerprint density at radius 2 is 1.53 bits per heavy atom. The second-order valence-electron chi connectivity index (χ2n) is 14.6. The lowest BCUT2D eigenvalue weighted by atomic mass is 9.89. The van der Waals surface area contributed by atoms with E-state index < -0.39 is 30.1 Å². The molecule has 1 spiro atoms. The number of nitrogens with zero attached hydrogens (tertiary/aromatic N) is 1. The highest BCUT2D eigenvalue weighted by Crippen LogP contribution is 2.43. The van der Waals surface area contributed by atoms with E-state index in [9.17, 15) is 14.7 Å². The molecular weight excluding hydrogens is 698 g/mol. The lowest BCUT2D eigenvalue weighted by Gasteiger charge is -2.44. The lowest BCUT2D eigenvalue weighted by Crippen LogP contribution is -2.50. The fraction of sp³-hybridized carbons (Fsp3) is 0.409. The van der Waals surface area contributed by atoms with Crippen LogP contribution >= 0.6 is 0 Å². The predicted octanol–water partition coefficient (Wildman–Crippen LogP) is 6.06. The number of nitrogens with one attached hydrogen (secondary N) is 2. The topological polar surface area (TPSA) is 128 Å². The second kappa shape index (κ2) is 17.9. The molecule has 7 rings (SSSR count). The molecule has 5 atom stereocenters. The third kappa shape index (κ3) is 9.61. The molecule has 2 amide bonds. The fourth-order valence-corrected chi connectivity index (χ4v) is 7.75. The number of aliphatic hydroxyl groups excluding tert-OH is 1. The van der Waals surface area contributed by atoms with Crippen molar-refractivity contribution >= 4 is 12.0 Å². The molecule has 3 heterocycles. The monoisotopic (exact) mass is 749 g/mol. The number of esters is 1. The summed E-state index contributed by atoms with van der Waals surface area (Å²) in [5.41, 5.74) is 6.60. The maximum Gasteiger partial charge on any atom is 0.328 e. The van der Waals surface area contributed by atoms with Gasteiger partial charge in [-0.2, -0.15) is 0 Å². The van der Waals surface area contributed by atoms with Crippen molar-refractivity contribution < 1.29 is 38.4 Å². The standard InChI is InChI=1S/C44H51N3O8/c1-30-39(28-47-20-18-44(19-21-47)52-22-23-53-44)54-42(55-40(30)34-16-14-32(29-48)15-17-34)37-13-7-12-36(26-37)35-11-6-10-33(24-35)27-45-43(50)46-38(41(49)51-2)25-31-8-4-3-5-9-31/h3-17,24,26,30,38-40,42,48H,18-23,25,27-29H2,1-2H3,(H2,45,46,50)/t30-,38-,39+,40+,42+/m0/s1. The molecule has 3 N–H and O–H groups in total. The number of rotatable bonds is 12. The first kappa shape index (κ1) is 38.6. The number of carbonyl (C=O) groups excluding carboxylic acids is 2. The number of carbonyl (C=O) groups is 2. The highest BCUT2D eigenvalue weighted by molar-refractivity contribution is 5.83. The van der Waals surface area contributed by atoms with Gasteiger partial charge in [0.2, 0.25) is 0 Å². The number of urea groups is 1. The van der Waals surface area contributed by atoms with Gasteiger partial charge in [0.05, 0.1) is 39.1 Å². The largest absolute Gasteiger partial charge is 0.467 e. The van der Waals surface area contributed by atoms with Crippen LogP contribution < -0.4 is 10.6 Å². The van der Waals surface area contributed by atoms with Crippen molar-refractivity contribution in [2.75, 3.05) is 40.0 Å². The van der Waals surface area contributed by atoms with Crippen LogP contribution in [0.15, 0.2) is 103 Å². The van der Waals surface area contributed by atoms with Crippen molar-refractivity contribution in [2.24, 2.45) is 5.92 Å². The van der Waals surface area contributed by atoms with Crippen LogP contribution in [0, 0.1) is 5.92 Å². The van der Waals surface area contributed by atoms with E-state index in [1.165, 1.54) is 7.11 Å². The van der Waals surface area contributed by atoms with Crippen molar-refractivity contribution in [3.05, 3.63) is 131 Å². The summed E-state index contributed by atoms with van der Waals surface area (Å²) in [7, 11) is 1.31. The summed E-state index contributed by atoms with van der Waals surface area (Å²) in [6, 6.07) is 32.4. The summed E-state index contributed by atoms with van der Waals surface area (Å²) in [4.78, 5) is 27.8. The molecule has 0 bridgehead atoms. The van der Waals surface area contributed by atoms with Crippen molar-refractivity contribution in [2.45, 2.75) is 69.7 Å². The average Bonchev–Trinajstić information content (AvgIpc) is 3.69. The number of hydrogen-bond donors (Lipinski definition) is 3. The van der Waals surface area contributed by atoms with Gasteiger partial charge in [-0.25, -0.2) is 9.59 Å². The number of methoxy groups -OCH3 is 1. The van der Waals surface area contributed by atoms with Gasteiger partial charge in [0.15, 0.2) is 12.1 Å². The van der Waals surface area contributed by atoms with E-state index in [1.54, 1.807) is 0 Å². The van der Waals surface area contributed by atoms with Crippen molar-refractivity contribution in [1.29, 1.82) is 0 Å². The van der Waals surface area contributed by atoms with E-state index in [1.807, 2.05) is 91.0 Å². The van der Waals surface area contributed by atoms with Gasteiger partial charge in [0, 0.05) is 56.9 Å². The van der Waals surface area contributed by atoms with Crippen LogP contribution in [0.2, 0.25) is 0 Å². The Morgan fingerprint density at radius 1 is 0.836 bits per heavy atom. The quantitative estimate of drug-likeness (QED) is 0.148. The summed E-state index contributed by atoms with van der Waals surface area (Å²) in [6.07, 6.45) is 1.07. The van der Waals surface area contributed by atoms with Crippen LogP contribution in [0.5, 0.6) is 0 Å². The molecule has 11 heteroatoms. The van der Waals surface area contributed by atoms with E-state index in [0.717, 1.165) is 71.4 Å². The fourth-order valence-electron chi connectivity index (χ4n) is 7.75. The minimum atomic E-state index is -0.819. The smallest absolute Gasteiger partial charge is 0.328 e. The Morgan fingerprint density at radius 3 is 2.24 bits per heavy atom. The van der Waals surface area contributed by atoms with Crippen molar-refractivity contribution in [3.63, 3.8) is 0 Å². The zero-order chi connectivity index (χ0) is 38.2. The number of benzene rings is 4. The molecule has 0 unspecified atom stereocenters. The third-order valence-electron chi connectivity index (χ3n) is 10.9. The average molecular weight is 750 g/mol. The van der Waals surface area contributed by atoms with Crippen LogP contribution in [0.4, 0.5) is 4.79 Å². The summed E-state index contributed by atoms with van der Waals surface area (Å²) < 4.78 is 30.5. The minimum absolute atomic E-state index is 0.0124. The number of amides is 2. The predicted molar refractivity (Wildman–Crippen MR) is 206 cm³/mol. The van der Waals surface area contributed by atoms with Gasteiger partial charge >= 0.3 is 12.0 Å². The van der Waals surface area contributed by atoms with Crippen LogP contribution in [-0.2, 0) is 48.1 Å². The zero-order valence-corrected chi connectivity index (χ0v) is 31.5. The number of likely N-dealkylation sites (tertiary alicyclic amines) is 1. The molecule has 3 saturated heterocycles. The molecule has 11 nitrogen and oxygen atoms in total. The van der Waals surface area contributed by atoms with E-state index in [0.29, 0.717) is 19.6 Å². The molecule has 0 saturated carbocycles. The second-order valence-corrected chi connectivity index (χ2v) is 14.6. The Hall–Kier alpha value is -4.62. The van der Waals surface area contributed by atoms with Crippen LogP contribution in [-0.4, -0.2) is 79.9 Å². The van der Waals surface area contributed by atoms with Gasteiger partial charge in [-0.3, -0.25) is 0 Å². The van der Waals surface area contributed by atoms with Gasteiger partial charge in [0.1, 0.15) is 6.04 Å². The van der Waals surface area contributed by atoms with E-state index in [-0.39, 0.29) is 31.3 Å². The van der Waals surface area contributed by atoms with E-state index in [2.05, 4.69) is 34.6 Å². The molecule has 0 aliphatic carbocycles. The highest BCUT2D eigenvalue weighted by Gasteiger charge is 2.43. The van der Waals surface area contributed by atoms with E-state index >= 15 is 0 Å². The maximum atomic E-state index is 12.9. The third-order valence-corrected chi connectivity index (χ3v) is 10.9. The molecule has 0 radical (unpaired) electrons. The molecule has 55 heavy (non-hydrogen) atoms. The normalized spacial score (nSPS) is 22.9. The summed E-state index contributed by atoms with van der Waals surface area (Å²) in [6.45, 7) is 6.26. The van der Waals surface area contributed by atoms with E-state index in [4.69, 9.17) is 23.7 Å². The lowest BCUT2D eigenvalue weighted by molar-refractivity contribution is -0.278. The molecule has 4 aromatic rings. The Bertz CT molecular complexity index is 1870. The Kier molecular flexibility index (Phi) is 12.6. The molecule has 3 aliphatic heterocycles. The van der Waals surface area contributed by atoms with Gasteiger partial charge in [-0.05, 0) is 45.5 Å². The molecular formula is C44H51N3O8. The first-order valence-electron chi connectivity index (χ1n) is 19.2. The van der Waals surface area contributed by atoms with Crippen LogP contribution in [0.1, 0.15) is 60.0 Å². The van der Waals surface area contributed by atoms with Gasteiger partial charge in [0.25, 0.3) is 0 Å². The summed E-state index contributed by atoms with van der Waals surface area (Å²) in [5.74, 6) is -0.876. The SMILES string of the molecule is COC(=O)[C@H](Cc1ccccc1)NC(=O)NCc1cccc(-c2cccc([C@@H]3O[C@H](CN4CCC5(CC4)OCCO5)[C@H](C)[C@H](c4ccc(CO)cc4)O3)c2)c1. The Balaban J connectivity index is 1.04. The van der Waals surface area contributed by atoms with Gasteiger partial charge in [-0.1, -0.05) is 97.9 Å². The first-order valence-corrected chi connectivity index (χ1v) is 19.2. The maximum absolute atomic E-state index is 12.9. The van der Waals surface area contributed by atoms with Gasteiger partial charge in [-0.15, -0.1) is 0 Å². The highest BCUT2D eigenvalue weighted by atomic mass is 16.7. The van der Waals surface area contributed by atoms with Crippen LogP contribution in [0.25, 0.3) is 11.1 Å². The number of ether oxygens (including phenoxy) is 5. The summed E-state index contributed by atoms with van der Waals surface area (Å²) >= 11 is 0. The molecule has 4 aromatic carbocycles. The molecule has 3 aliphatic rings. The first-order chi connectivity index (χ1) is 26.8. The van der Waals surface area contributed by atoms with Crippen LogP contribution in [0.3, 0.4) is 0 Å². The number of hydrogen-bond acceptors (Lipinski definition) is 9.